The number of methoxy groups -OCH3 is 3. The normalized spacial score (nSPS) is 15.3. The van der Waals surface area contributed by atoms with E-state index < -0.39 is 0 Å². The van der Waals surface area contributed by atoms with Crippen LogP contribution in [0.4, 0.5) is 0 Å². The molecule has 1 aromatic heterocycles. The molecule has 1 fully saturated rings. The number of aryl methyl sites for hydroxylation is 1. The van der Waals surface area contributed by atoms with Gasteiger partial charge in [-0.1, -0.05) is 0 Å². The first kappa shape index (κ1) is 22.0. The predicted octanol–water partition coefficient (Wildman–Crippen LogP) is 3.39. The van der Waals surface area contributed by atoms with Gasteiger partial charge in [0.1, 0.15) is 0 Å². The molecule has 0 N–H and O–H groups in total. The fourth-order valence-corrected chi connectivity index (χ4v) is 6.70. The molecule has 1 aliphatic rings. The number of piperidine rings is 1. The number of nitrogens with zero attached hydrogens (tertiary/aromatic N) is 2. The van der Waals surface area contributed by atoms with Gasteiger partial charge in [-0.05, 0) is 0 Å². The van der Waals surface area contributed by atoms with E-state index >= 15 is 0 Å². The Labute approximate surface area is 189 Å². The molecule has 6 nitrogen and oxygen atoms in total. The van der Waals surface area contributed by atoms with Crippen molar-refractivity contribution in [3.05, 3.63) is 52.3 Å². The third-order valence-corrected chi connectivity index (χ3v) is 8.57. The van der Waals surface area contributed by atoms with E-state index in [0.717, 1.165) is 36.9 Å². The van der Waals surface area contributed by atoms with Crippen LogP contribution in [0.25, 0.3) is 9.65 Å². The molecule has 2 aromatic carbocycles. The maximum absolute atomic E-state index is 13.0. The van der Waals surface area contributed by atoms with Gasteiger partial charge in [0.15, 0.2) is 0 Å². The van der Waals surface area contributed by atoms with Crippen LogP contribution in [0.3, 0.4) is 0 Å². The summed E-state index contributed by atoms with van der Waals surface area (Å²) in [4.78, 5) is 15.6. The minimum absolute atomic E-state index is 0.0794. The Balaban J connectivity index is 1.42. The Hall–Kier alpha value is -2.21. The summed E-state index contributed by atoms with van der Waals surface area (Å²) in [7, 11) is 4.79. The molecule has 0 radical (unpaired) electrons. The van der Waals surface area contributed by atoms with Gasteiger partial charge in [0.25, 0.3) is 0 Å². The molecule has 4 rings (SSSR count). The second-order valence-corrected chi connectivity index (χ2v) is 10.2. The molecule has 31 heavy (non-hydrogen) atoms. The van der Waals surface area contributed by atoms with Crippen LogP contribution < -0.4 is 19.8 Å². The molecule has 0 bridgehead atoms. The molecule has 0 unspecified atom stereocenters. The quantitative estimate of drug-likeness (QED) is 0.454. The Morgan fingerprint density at radius 3 is 2.35 bits per heavy atom. The predicted molar refractivity (Wildman–Crippen MR) is 124 cm³/mol. The summed E-state index contributed by atoms with van der Waals surface area (Å²) in [5.41, 5.74) is 1.46. The Morgan fingerprint density at radius 2 is 1.71 bits per heavy atom. The summed E-state index contributed by atoms with van der Waals surface area (Å²) >= 11 is -0.106. The average molecular weight is 489 g/mol. The number of hydrogen-bond acceptors (Lipinski definition) is 5. The van der Waals surface area contributed by atoms with Gasteiger partial charge in [0.05, 0.1) is 0 Å². The Kier molecular flexibility index (Phi) is 7.06. The van der Waals surface area contributed by atoms with E-state index in [1.54, 1.807) is 27.4 Å². The fourth-order valence-electron chi connectivity index (χ4n) is 4.39. The van der Waals surface area contributed by atoms with Crippen molar-refractivity contribution >= 4 is 24.4 Å². The van der Waals surface area contributed by atoms with Crippen LogP contribution in [-0.2, 0) is 13.1 Å². The van der Waals surface area contributed by atoms with Crippen molar-refractivity contribution in [2.45, 2.75) is 32.4 Å². The van der Waals surface area contributed by atoms with Crippen molar-refractivity contribution in [1.82, 2.24) is 8.46 Å². The maximum atomic E-state index is 13.0. The second kappa shape index (κ2) is 9.94. The molecule has 166 valence electrons. The third kappa shape index (κ3) is 4.69. The molecule has 3 aromatic rings. The summed E-state index contributed by atoms with van der Waals surface area (Å²) < 4.78 is 19.5. The molecule has 0 amide bonds. The van der Waals surface area contributed by atoms with E-state index in [1.807, 2.05) is 3.56 Å². The first-order valence-electron chi connectivity index (χ1n) is 10.7. The Bertz CT molecular complexity index is 1070. The van der Waals surface area contributed by atoms with E-state index in [2.05, 4.69) is 35.2 Å². The molecule has 0 atom stereocenters. The summed E-state index contributed by atoms with van der Waals surface area (Å²) in [5, 5.41) is 0.687. The van der Waals surface area contributed by atoms with Crippen LogP contribution >= 0.6 is 0 Å². The molecule has 1 saturated heterocycles. The van der Waals surface area contributed by atoms with Crippen molar-refractivity contribution in [1.29, 1.82) is 0 Å². The topological polar surface area (TPSA) is 52.9 Å². The molecule has 0 aliphatic carbocycles. The van der Waals surface area contributed by atoms with Gasteiger partial charge in [-0.2, -0.15) is 0 Å². The third-order valence-electron chi connectivity index (χ3n) is 6.14. The number of hydrogen-bond donors (Lipinski definition) is 0. The van der Waals surface area contributed by atoms with Gasteiger partial charge in [0, 0.05) is 0 Å². The van der Waals surface area contributed by atoms with Crippen molar-refractivity contribution in [2.24, 2.45) is 5.92 Å². The van der Waals surface area contributed by atoms with E-state index in [1.165, 1.54) is 18.4 Å². The van der Waals surface area contributed by atoms with Crippen LogP contribution in [0.15, 0.2) is 41.2 Å². The van der Waals surface area contributed by atoms with Gasteiger partial charge in [-0.25, -0.2) is 0 Å². The number of aromatic nitrogens is 1. The molecule has 7 heteroatoms. The van der Waals surface area contributed by atoms with Gasteiger partial charge in [-0.15, -0.1) is 0 Å². The number of benzene rings is 2. The van der Waals surface area contributed by atoms with Crippen LogP contribution in [-0.4, -0.2) is 57.6 Å². The van der Waals surface area contributed by atoms with Crippen molar-refractivity contribution in [3.8, 4) is 17.2 Å². The fraction of sp³-hybridized carbons (Fsp3) is 0.458. The van der Waals surface area contributed by atoms with Gasteiger partial charge in [-0.3, -0.25) is 0 Å². The number of ether oxygens (including phenoxy) is 3. The summed E-state index contributed by atoms with van der Waals surface area (Å²) in [6.45, 7) is 4.08. The standard InChI is InChI=1S/C24H30N2O4Se/c1-28-20-15-19-23(22(30-3)21(20)29-2)31-26(24(19)27)14-11-17-9-12-25(13-10-17)16-18-7-5-4-6-8-18/h4-8,15,17H,9-14,16H2,1-3H3. The number of likely N-dealkylation sites (tertiary alicyclic amines) is 1. The first-order chi connectivity index (χ1) is 15.1. The van der Waals surface area contributed by atoms with Gasteiger partial charge >= 0.3 is 189 Å². The summed E-state index contributed by atoms with van der Waals surface area (Å²) in [6, 6.07) is 12.5. The zero-order valence-electron chi connectivity index (χ0n) is 18.4. The number of rotatable bonds is 8. The van der Waals surface area contributed by atoms with Crippen LogP contribution in [0.5, 0.6) is 17.2 Å². The van der Waals surface area contributed by atoms with E-state index in [0.29, 0.717) is 28.6 Å². The first-order valence-corrected chi connectivity index (χ1v) is 12.4. The minimum atomic E-state index is -0.106. The van der Waals surface area contributed by atoms with Crippen LogP contribution in [0.1, 0.15) is 24.8 Å². The molecule has 2 heterocycles. The van der Waals surface area contributed by atoms with Crippen molar-refractivity contribution in [3.63, 3.8) is 0 Å². The monoisotopic (exact) mass is 490 g/mol. The van der Waals surface area contributed by atoms with E-state index in [9.17, 15) is 4.79 Å². The van der Waals surface area contributed by atoms with Crippen LogP contribution in [0.2, 0.25) is 0 Å². The van der Waals surface area contributed by atoms with E-state index in [-0.39, 0.29) is 20.3 Å². The van der Waals surface area contributed by atoms with Crippen LogP contribution in [0, 0.1) is 5.92 Å². The van der Waals surface area contributed by atoms with Crippen molar-refractivity contribution in [2.75, 3.05) is 34.4 Å². The molecular weight excluding hydrogens is 459 g/mol. The zero-order valence-corrected chi connectivity index (χ0v) is 20.1. The Morgan fingerprint density at radius 1 is 1.00 bits per heavy atom. The summed E-state index contributed by atoms with van der Waals surface area (Å²) in [5.74, 6) is 2.40. The van der Waals surface area contributed by atoms with Gasteiger partial charge in [0.2, 0.25) is 0 Å². The molecule has 0 spiro atoms. The van der Waals surface area contributed by atoms with Gasteiger partial charge < -0.3 is 0 Å². The van der Waals surface area contributed by atoms with E-state index in [4.69, 9.17) is 14.2 Å². The SMILES string of the molecule is COc1cc2c(=O)n(CCC3CCN(Cc4ccccc4)CC3)[se]c2c(OC)c1OC. The summed E-state index contributed by atoms with van der Waals surface area (Å²) in [6.07, 6.45) is 3.44. The average Bonchev–Trinajstić information content (AvgIpc) is 3.13. The zero-order chi connectivity index (χ0) is 21.8. The second-order valence-electron chi connectivity index (χ2n) is 8.01. The molecule has 1 aliphatic heterocycles. The number of fused-ring (bicyclic) bond motifs is 1. The molecule has 0 saturated carbocycles. The molecular formula is C24H30N2O4Se. The van der Waals surface area contributed by atoms with Crippen molar-refractivity contribution < 1.29 is 14.2 Å².